The second-order valence-corrected chi connectivity index (χ2v) is 6.05. The number of hydrogen-bond donors (Lipinski definition) is 1. The molecule has 2 aromatic rings. The quantitative estimate of drug-likeness (QED) is 0.666. The van der Waals surface area contributed by atoms with Gasteiger partial charge in [0.25, 0.3) is 5.69 Å². The molecule has 0 bridgehead atoms. The number of thiophene rings is 1. The molecule has 1 atom stereocenters. The van der Waals surface area contributed by atoms with Gasteiger partial charge >= 0.3 is 0 Å². The van der Waals surface area contributed by atoms with Gasteiger partial charge in [-0.1, -0.05) is 6.07 Å². The van der Waals surface area contributed by atoms with Gasteiger partial charge in [0.2, 0.25) is 0 Å². The lowest BCUT2D eigenvalue weighted by atomic mass is 10.1. The lowest BCUT2D eigenvalue weighted by molar-refractivity contribution is -0.384. The van der Waals surface area contributed by atoms with Crippen LogP contribution < -0.4 is 5.32 Å². The first-order valence-electron chi connectivity index (χ1n) is 6.67. The maximum Gasteiger partial charge on any atom is 0.270 e. The molecule has 21 heavy (non-hydrogen) atoms. The summed E-state index contributed by atoms with van der Waals surface area (Å²) in [5, 5.41) is 25.4. The van der Waals surface area contributed by atoms with Gasteiger partial charge in [-0.05, 0) is 36.3 Å². The number of nitro benzene ring substituents is 1. The summed E-state index contributed by atoms with van der Waals surface area (Å²) in [7, 11) is 0. The third kappa shape index (κ3) is 2.88. The third-order valence-electron chi connectivity index (χ3n) is 3.59. The molecule has 6 heteroatoms. The molecule has 0 saturated heterocycles. The van der Waals surface area contributed by atoms with Gasteiger partial charge in [-0.3, -0.25) is 10.1 Å². The van der Waals surface area contributed by atoms with Gasteiger partial charge in [0.15, 0.2) is 0 Å². The SMILES string of the molecule is N#Cc1cc([N+](=O)[O-])ccc1NC(c1cccs1)C1CC1. The summed E-state index contributed by atoms with van der Waals surface area (Å²) in [6.45, 7) is 0. The van der Waals surface area contributed by atoms with Crippen molar-refractivity contribution in [2.75, 3.05) is 5.32 Å². The molecule has 1 heterocycles. The first kappa shape index (κ1) is 13.6. The molecule has 1 aliphatic carbocycles. The van der Waals surface area contributed by atoms with Gasteiger partial charge < -0.3 is 5.32 Å². The molecule has 0 aliphatic heterocycles. The lowest BCUT2D eigenvalue weighted by Crippen LogP contribution is -2.12. The van der Waals surface area contributed by atoms with E-state index in [0.29, 0.717) is 17.2 Å². The average molecular weight is 299 g/mol. The van der Waals surface area contributed by atoms with Crippen LogP contribution in [0.15, 0.2) is 35.7 Å². The van der Waals surface area contributed by atoms with Crippen LogP contribution in [0.1, 0.15) is 29.3 Å². The van der Waals surface area contributed by atoms with Gasteiger partial charge in [-0.2, -0.15) is 5.26 Å². The molecule has 1 aliphatic rings. The van der Waals surface area contributed by atoms with E-state index in [2.05, 4.69) is 11.4 Å². The molecular weight excluding hydrogens is 286 g/mol. The number of hydrogen-bond acceptors (Lipinski definition) is 5. The highest BCUT2D eigenvalue weighted by Crippen LogP contribution is 2.44. The van der Waals surface area contributed by atoms with Crippen LogP contribution >= 0.6 is 11.3 Å². The zero-order valence-electron chi connectivity index (χ0n) is 11.2. The fourth-order valence-electron chi connectivity index (χ4n) is 2.35. The standard InChI is InChI=1S/C15H13N3O2S/c16-9-11-8-12(18(19)20)5-6-13(11)17-15(10-3-4-10)14-2-1-7-21-14/h1-2,5-8,10,15,17H,3-4H2. The predicted molar refractivity (Wildman–Crippen MR) is 81.2 cm³/mol. The number of nitriles is 1. The molecule has 3 rings (SSSR count). The summed E-state index contributed by atoms with van der Waals surface area (Å²) >= 11 is 1.69. The van der Waals surface area contributed by atoms with Gasteiger partial charge in [0.05, 0.1) is 22.2 Å². The first-order chi connectivity index (χ1) is 10.2. The van der Waals surface area contributed by atoms with Crippen molar-refractivity contribution in [3.05, 3.63) is 56.3 Å². The Labute approximate surface area is 126 Å². The molecule has 1 unspecified atom stereocenters. The maximum absolute atomic E-state index is 10.8. The van der Waals surface area contributed by atoms with E-state index in [1.54, 1.807) is 17.4 Å². The summed E-state index contributed by atoms with van der Waals surface area (Å²) in [6.07, 6.45) is 2.34. The molecule has 1 N–H and O–H groups in total. The Kier molecular flexibility index (Phi) is 3.59. The monoisotopic (exact) mass is 299 g/mol. The van der Waals surface area contributed by atoms with E-state index in [1.165, 1.54) is 29.9 Å². The fourth-order valence-corrected chi connectivity index (χ4v) is 3.22. The van der Waals surface area contributed by atoms with Crippen molar-refractivity contribution in [1.29, 1.82) is 5.26 Å². The number of benzene rings is 1. The Morgan fingerprint density at radius 2 is 2.24 bits per heavy atom. The molecule has 1 fully saturated rings. The Balaban J connectivity index is 1.89. The van der Waals surface area contributed by atoms with Crippen LogP contribution in [0, 0.1) is 27.4 Å². The minimum atomic E-state index is -0.484. The zero-order valence-corrected chi connectivity index (χ0v) is 12.0. The van der Waals surface area contributed by atoms with Gasteiger partial charge in [0, 0.05) is 17.0 Å². The topological polar surface area (TPSA) is 79.0 Å². The van der Waals surface area contributed by atoms with Gasteiger partial charge in [-0.25, -0.2) is 0 Å². The number of anilines is 1. The van der Waals surface area contributed by atoms with Crippen molar-refractivity contribution >= 4 is 22.7 Å². The molecule has 0 spiro atoms. The van der Waals surface area contributed by atoms with Crippen molar-refractivity contribution in [3.63, 3.8) is 0 Å². The minimum absolute atomic E-state index is 0.0591. The number of nitrogens with one attached hydrogen (secondary N) is 1. The van der Waals surface area contributed by atoms with E-state index in [0.717, 1.165) is 0 Å². The summed E-state index contributed by atoms with van der Waals surface area (Å²) in [5.74, 6) is 0.574. The second kappa shape index (κ2) is 5.54. The number of nitrogens with zero attached hydrogens (tertiary/aromatic N) is 2. The van der Waals surface area contributed by atoms with E-state index >= 15 is 0 Å². The van der Waals surface area contributed by atoms with Crippen LogP contribution in [0.25, 0.3) is 0 Å². The van der Waals surface area contributed by atoms with Crippen molar-refractivity contribution in [2.45, 2.75) is 18.9 Å². The zero-order chi connectivity index (χ0) is 14.8. The first-order valence-corrected chi connectivity index (χ1v) is 7.55. The number of nitro groups is 1. The number of rotatable bonds is 5. The van der Waals surface area contributed by atoms with Crippen LogP contribution in [-0.4, -0.2) is 4.92 Å². The van der Waals surface area contributed by atoms with E-state index in [9.17, 15) is 15.4 Å². The van der Waals surface area contributed by atoms with E-state index in [-0.39, 0.29) is 11.7 Å². The highest BCUT2D eigenvalue weighted by Gasteiger charge is 2.33. The van der Waals surface area contributed by atoms with E-state index in [1.807, 2.05) is 17.5 Å². The lowest BCUT2D eigenvalue weighted by Gasteiger charge is -2.19. The third-order valence-corrected chi connectivity index (χ3v) is 4.54. The Hall–Kier alpha value is -2.39. The van der Waals surface area contributed by atoms with Crippen LogP contribution in [-0.2, 0) is 0 Å². The highest BCUT2D eigenvalue weighted by molar-refractivity contribution is 7.10. The summed E-state index contributed by atoms with van der Waals surface area (Å²) in [4.78, 5) is 11.5. The van der Waals surface area contributed by atoms with Gasteiger partial charge in [-0.15, -0.1) is 11.3 Å². The van der Waals surface area contributed by atoms with Crippen molar-refractivity contribution in [3.8, 4) is 6.07 Å². The number of non-ortho nitro benzene ring substituents is 1. The van der Waals surface area contributed by atoms with Crippen molar-refractivity contribution in [2.24, 2.45) is 5.92 Å². The molecule has 0 radical (unpaired) electrons. The molecule has 1 aromatic heterocycles. The molecule has 1 aromatic carbocycles. The molecular formula is C15H13N3O2S. The Morgan fingerprint density at radius 3 is 2.81 bits per heavy atom. The summed E-state index contributed by atoms with van der Waals surface area (Å²) in [6, 6.07) is 10.7. The maximum atomic E-state index is 10.8. The highest BCUT2D eigenvalue weighted by atomic mass is 32.1. The molecule has 0 amide bonds. The van der Waals surface area contributed by atoms with E-state index < -0.39 is 4.92 Å². The minimum Gasteiger partial charge on any atom is -0.376 e. The second-order valence-electron chi connectivity index (χ2n) is 5.07. The Morgan fingerprint density at radius 1 is 1.43 bits per heavy atom. The van der Waals surface area contributed by atoms with Crippen LogP contribution in [0.4, 0.5) is 11.4 Å². The smallest absolute Gasteiger partial charge is 0.270 e. The largest absolute Gasteiger partial charge is 0.376 e. The summed E-state index contributed by atoms with van der Waals surface area (Å²) in [5.41, 5.74) is 0.913. The fraction of sp³-hybridized carbons (Fsp3) is 0.267. The predicted octanol–water partition coefficient (Wildman–Crippen LogP) is 4.09. The van der Waals surface area contributed by atoms with Gasteiger partial charge in [0.1, 0.15) is 6.07 Å². The Bertz CT molecular complexity index is 702. The van der Waals surface area contributed by atoms with E-state index in [4.69, 9.17) is 0 Å². The molecule has 5 nitrogen and oxygen atoms in total. The van der Waals surface area contributed by atoms with Crippen molar-refractivity contribution in [1.82, 2.24) is 0 Å². The normalized spacial score (nSPS) is 15.2. The van der Waals surface area contributed by atoms with Crippen molar-refractivity contribution < 1.29 is 4.92 Å². The molecule has 1 saturated carbocycles. The van der Waals surface area contributed by atoms with Crippen LogP contribution in [0.3, 0.4) is 0 Å². The van der Waals surface area contributed by atoms with Crippen LogP contribution in [0.5, 0.6) is 0 Å². The van der Waals surface area contributed by atoms with Crippen LogP contribution in [0.2, 0.25) is 0 Å². The summed E-state index contributed by atoms with van der Waals surface area (Å²) < 4.78 is 0. The molecule has 106 valence electrons. The average Bonchev–Trinajstić information content (AvgIpc) is 3.18.